The molecule has 0 amide bonds. The standard InChI is InChI=1S/C14H7F7O3/c15-12(16,13(17,18)14(19,20)21)11(23)6-8(22)10-5-7-3-1-2-4-9(7)24-10/h1-5H,6H2. The van der Waals surface area contributed by atoms with Crippen molar-refractivity contribution in [2.45, 2.75) is 24.4 Å². The van der Waals surface area contributed by atoms with E-state index in [0.29, 0.717) is 5.39 Å². The van der Waals surface area contributed by atoms with E-state index in [-0.39, 0.29) is 5.58 Å². The predicted octanol–water partition coefficient (Wildman–Crippen LogP) is 4.41. The van der Waals surface area contributed by atoms with E-state index in [4.69, 9.17) is 4.42 Å². The average molecular weight is 356 g/mol. The van der Waals surface area contributed by atoms with Gasteiger partial charge in [-0.15, -0.1) is 0 Å². The Hall–Kier alpha value is -2.39. The minimum absolute atomic E-state index is 0.153. The number of carbonyl (C=O) groups excluding carboxylic acids is 2. The molecule has 0 saturated heterocycles. The molecule has 0 atom stereocenters. The lowest BCUT2D eigenvalue weighted by atomic mass is 10.0. The number of rotatable bonds is 5. The van der Waals surface area contributed by atoms with Crippen LogP contribution in [0.15, 0.2) is 34.7 Å². The smallest absolute Gasteiger partial charge is 0.453 e. The van der Waals surface area contributed by atoms with Gasteiger partial charge in [-0.3, -0.25) is 9.59 Å². The first-order chi connectivity index (χ1) is 10.9. The van der Waals surface area contributed by atoms with Crippen LogP contribution in [0.3, 0.4) is 0 Å². The summed E-state index contributed by atoms with van der Waals surface area (Å²) in [5, 5.41) is 0.362. The van der Waals surface area contributed by atoms with Crippen molar-refractivity contribution in [1.29, 1.82) is 0 Å². The number of carbonyl (C=O) groups is 2. The van der Waals surface area contributed by atoms with Gasteiger partial charge in [0.25, 0.3) is 0 Å². The van der Waals surface area contributed by atoms with Crippen molar-refractivity contribution >= 4 is 22.5 Å². The molecule has 24 heavy (non-hydrogen) atoms. The molecule has 0 unspecified atom stereocenters. The summed E-state index contributed by atoms with van der Waals surface area (Å²) in [5.74, 6) is -17.6. The summed E-state index contributed by atoms with van der Waals surface area (Å²) < 4.78 is 92.8. The van der Waals surface area contributed by atoms with Crippen LogP contribution >= 0.6 is 0 Å². The topological polar surface area (TPSA) is 47.3 Å². The molecule has 0 aliphatic rings. The number of alkyl halides is 7. The molecular formula is C14H7F7O3. The van der Waals surface area contributed by atoms with Gasteiger partial charge < -0.3 is 4.42 Å². The summed E-state index contributed by atoms with van der Waals surface area (Å²) in [7, 11) is 0. The maximum absolute atomic E-state index is 13.2. The second-order valence-corrected chi connectivity index (χ2v) is 4.82. The van der Waals surface area contributed by atoms with Crippen LogP contribution in [0.4, 0.5) is 30.7 Å². The number of hydrogen-bond acceptors (Lipinski definition) is 3. The lowest BCUT2D eigenvalue weighted by Crippen LogP contribution is -2.56. The largest absolute Gasteiger partial charge is 0.460 e. The minimum atomic E-state index is -6.64. The highest BCUT2D eigenvalue weighted by Gasteiger charge is 2.75. The van der Waals surface area contributed by atoms with Crippen LogP contribution in [0, 0.1) is 0 Å². The maximum atomic E-state index is 13.2. The van der Waals surface area contributed by atoms with Crippen LogP contribution in [0.2, 0.25) is 0 Å². The summed E-state index contributed by atoms with van der Waals surface area (Å²) in [6, 6.07) is 7.01. The van der Waals surface area contributed by atoms with E-state index in [1.165, 1.54) is 18.2 Å². The molecule has 2 aromatic rings. The van der Waals surface area contributed by atoms with Crippen LogP contribution in [-0.2, 0) is 4.79 Å². The van der Waals surface area contributed by atoms with Crippen molar-refractivity contribution in [1.82, 2.24) is 0 Å². The zero-order valence-electron chi connectivity index (χ0n) is 11.5. The highest BCUT2D eigenvalue weighted by molar-refractivity contribution is 6.10. The number of fused-ring (bicyclic) bond motifs is 1. The molecule has 1 aromatic heterocycles. The van der Waals surface area contributed by atoms with E-state index < -0.39 is 41.8 Å². The molecule has 1 aromatic carbocycles. The third-order valence-corrected chi connectivity index (χ3v) is 3.12. The van der Waals surface area contributed by atoms with Gasteiger partial charge in [0, 0.05) is 5.39 Å². The van der Waals surface area contributed by atoms with E-state index in [1.54, 1.807) is 6.07 Å². The number of para-hydroxylation sites is 1. The summed E-state index contributed by atoms with van der Waals surface area (Å²) in [5.41, 5.74) is 0.153. The lowest BCUT2D eigenvalue weighted by Gasteiger charge is -2.26. The van der Waals surface area contributed by atoms with E-state index >= 15 is 0 Å². The molecule has 0 radical (unpaired) electrons. The normalized spacial score (nSPS) is 13.3. The second kappa shape index (κ2) is 5.60. The third kappa shape index (κ3) is 2.87. The average Bonchev–Trinajstić information content (AvgIpc) is 2.89. The minimum Gasteiger partial charge on any atom is -0.453 e. The van der Waals surface area contributed by atoms with Crippen LogP contribution < -0.4 is 0 Å². The van der Waals surface area contributed by atoms with Gasteiger partial charge in [-0.2, -0.15) is 30.7 Å². The van der Waals surface area contributed by atoms with Crippen molar-refractivity contribution in [2.75, 3.05) is 0 Å². The molecular weight excluding hydrogens is 349 g/mol. The first-order valence-corrected chi connectivity index (χ1v) is 6.25. The van der Waals surface area contributed by atoms with Crippen LogP contribution in [0.5, 0.6) is 0 Å². The molecule has 0 aliphatic heterocycles. The van der Waals surface area contributed by atoms with Crippen molar-refractivity contribution in [3.63, 3.8) is 0 Å². The number of halogens is 7. The predicted molar refractivity (Wildman–Crippen MR) is 66.1 cm³/mol. The van der Waals surface area contributed by atoms with Gasteiger partial charge >= 0.3 is 18.0 Å². The Bertz CT molecular complexity index is 756. The first-order valence-electron chi connectivity index (χ1n) is 6.25. The Morgan fingerprint density at radius 2 is 1.54 bits per heavy atom. The number of ketones is 2. The quantitative estimate of drug-likeness (QED) is 0.453. The van der Waals surface area contributed by atoms with Gasteiger partial charge in [-0.1, -0.05) is 18.2 Å². The van der Waals surface area contributed by atoms with Crippen LogP contribution in [-0.4, -0.2) is 29.6 Å². The zero-order valence-corrected chi connectivity index (χ0v) is 11.5. The van der Waals surface area contributed by atoms with E-state index in [1.807, 2.05) is 0 Å². The number of benzene rings is 1. The molecule has 3 nitrogen and oxygen atoms in total. The third-order valence-electron chi connectivity index (χ3n) is 3.12. The van der Waals surface area contributed by atoms with Gasteiger partial charge in [-0.05, 0) is 12.1 Å². The Balaban J connectivity index is 2.23. The SMILES string of the molecule is O=C(CC(=O)C(F)(F)C(F)(F)C(F)(F)F)c1cc2ccccc2o1. The Labute approximate surface area is 129 Å². The summed E-state index contributed by atoms with van der Waals surface area (Å²) in [4.78, 5) is 22.8. The van der Waals surface area contributed by atoms with E-state index in [9.17, 15) is 40.3 Å². The van der Waals surface area contributed by atoms with Gasteiger partial charge in [0.05, 0.1) is 6.42 Å². The Morgan fingerprint density at radius 3 is 2.08 bits per heavy atom. The van der Waals surface area contributed by atoms with Crippen molar-refractivity contribution in [2.24, 2.45) is 0 Å². The molecule has 2 rings (SSSR count). The Morgan fingerprint density at radius 1 is 0.958 bits per heavy atom. The van der Waals surface area contributed by atoms with Crippen LogP contribution in [0.25, 0.3) is 11.0 Å². The van der Waals surface area contributed by atoms with Crippen molar-refractivity contribution < 1.29 is 44.7 Å². The molecule has 0 bridgehead atoms. The van der Waals surface area contributed by atoms with Crippen molar-refractivity contribution in [3.05, 3.63) is 36.1 Å². The van der Waals surface area contributed by atoms with Gasteiger partial charge in [0.1, 0.15) is 5.58 Å². The Kier molecular flexibility index (Phi) is 4.19. The highest BCUT2D eigenvalue weighted by atomic mass is 19.4. The van der Waals surface area contributed by atoms with Gasteiger partial charge in [0.2, 0.25) is 11.6 Å². The maximum Gasteiger partial charge on any atom is 0.460 e. The van der Waals surface area contributed by atoms with E-state index in [0.717, 1.165) is 6.07 Å². The lowest BCUT2D eigenvalue weighted by molar-refractivity contribution is -0.343. The first kappa shape index (κ1) is 18.0. The molecule has 130 valence electrons. The summed E-state index contributed by atoms with van der Waals surface area (Å²) in [6.45, 7) is 0. The molecule has 0 aliphatic carbocycles. The number of hydrogen-bond donors (Lipinski definition) is 0. The second-order valence-electron chi connectivity index (χ2n) is 4.82. The fraction of sp³-hybridized carbons (Fsp3) is 0.286. The fourth-order valence-electron chi connectivity index (χ4n) is 1.82. The highest BCUT2D eigenvalue weighted by Crippen LogP contribution is 2.47. The molecule has 0 spiro atoms. The van der Waals surface area contributed by atoms with E-state index in [2.05, 4.69) is 0 Å². The molecule has 0 fully saturated rings. The number of Topliss-reactive ketones (excluding diaryl/α,β-unsaturated/α-hetero) is 2. The van der Waals surface area contributed by atoms with Crippen molar-refractivity contribution in [3.8, 4) is 0 Å². The number of furan rings is 1. The fourth-order valence-corrected chi connectivity index (χ4v) is 1.82. The summed E-state index contributed by atoms with van der Waals surface area (Å²) >= 11 is 0. The molecule has 1 heterocycles. The monoisotopic (exact) mass is 356 g/mol. The molecule has 0 saturated carbocycles. The zero-order chi connectivity index (χ0) is 18.3. The van der Waals surface area contributed by atoms with Crippen LogP contribution in [0.1, 0.15) is 17.0 Å². The summed E-state index contributed by atoms with van der Waals surface area (Å²) in [6.07, 6.45) is -8.51. The molecule has 10 heteroatoms. The van der Waals surface area contributed by atoms with Gasteiger partial charge in [0.15, 0.2) is 5.76 Å². The van der Waals surface area contributed by atoms with Gasteiger partial charge in [-0.25, -0.2) is 0 Å². The molecule has 0 N–H and O–H groups in total.